The Balaban J connectivity index is 1.79. The predicted octanol–water partition coefficient (Wildman–Crippen LogP) is 2.81. The van der Waals surface area contributed by atoms with E-state index in [4.69, 9.17) is 0 Å². The smallest absolute Gasteiger partial charge is 0.206 e. The molecule has 5 N–H and O–H groups in total. The fourth-order valence-electron chi connectivity index (χ4n) is 8.78. The summed E-state index contributed by atoms with van der Waals surface area (Å²) in [7, 11) is 0. The molecule has 0 aromatic heterocycles. The summed E-state index contributed by atoms with van der Waals surface area (Å²) in [6.45, 7) is 13.4. The molecule has 0 aromatic rings. The molecule has 0 saturated heterocycles. The molecule has 0 aromatic carbocycles. The zero-order valence-corrected chi connectivity index (χ0v) is 23.8. The van der Waals surface area contributed by atoms with Crippen LogP contribution in [0.3, 0.4) is 0 Å². The van der Waals surface area contributed by atoms with E-state index in [-0.39, 0.29) is 36.1 Å². The highest BCUT2D eigenvalue weighted by atomic mass is 16.3. The van der Waals surface area contributed by atoms with Crippen molar-refractivity contribution < 1.29 is 39.9 Å². The summed E-state index contributed by atoms with van der Waals surface area (Å²) in [6.07, 6.45) is 1.27. The van der Waals surface area contributed by atoms with Crippen molar-refractivity contribution in [3.05, 3.63) is 23.5 Å². The first kappa shape index (κ1) is 29.1. The standard InChI is InChI=1S/C30H44O8/c1-25(2)15-9-10-19-27(5)13-18(32)23(30(8,38)21(34)12-20(33)26(3,4)37)28(27,6)14-22(35)29(19,7)16(15)11-17(31)24(25)36/h9,11,16,18-20,23,31-33,37-38H,10,12-14H2,1-8H3/t16-,18-,19+,20?,23+,27+,28-,29+,30+/m1/s1. The van der Waals surface area contributed by atoms with E-state index in [1.165, 1.54) is 26.8 Å². The number of ketones is 3. The minimum Gasteiger partial charge on any atom is -0.505 e. The Hall–Kier alpha value is -1.87. The van der Waals surface area contributed by atoms with Crippen molar-refractivity contribution in [1.82, 2.24) is 0 Å². The van der Waals surface area contributed by atoms with Crippen molar-refractivity contribution >= 4 is 17.3 Å². The number of fused-ring (bicyclic) bond motifs is 5. The molecule has 212 valence electrons. The maximum Gasteiger partial charge on any atom is 0.206 e. The molecule has 4 aliphatic carbocycles. The molecular formula is C30H44O8. The summed E-state index contributed by atoms with van der Waals surface area (Å²) in [5.74, 6) is -3.25. The number of carbonyl (C=O) groups excluding carboxylic acids is 3. The number of allylic oxidation sites excluding steroid dienone is 4. The molecule has 0 spiro atoms. The highest BCUT2D eigenvalue weighted by Crippen LogP contribution is 2.73. The largest absolute Gasteiger partial charge is 0.505 e. The quantitative estimate of drug-likeness (QED) is 0.339. The minimum absolute atomic E-state index is 0.00244. The Kier molecular flexibility index (Phi) is 6.38. The fraction of sp³-hybridized carbons (Fsp3) is 0.767. The maximum absolute atomic E-state index is 14.2. The molecule has 0 heterocycles. The maximum atomic E-state index is 14.2. The molecule has 0 bridgehead atoms. The number of hydrogen-bond acceptors (Lipinski definition) is 8. The molecule has 0 radical (unpaired) electrons. The Morgan fingerprint density at radius 2 is 1.66 bits per heavy atom. The number of aliphatic hydroxyl groups is 5. The summed E-state index contributed by atoms with van der Waals surface area (Å²) in [5.41, 5.74) is -6.32. The number of hydrogen-bond donors (Lipinski definition) is 5. The molecule has 4 rings (SSSR count). The van der Waals surface area contributed by atoms with Crippen molar-refractivity contribution in [2.24, 2.45) is 39.4 Å². The van der Waals surface area contributed by atoms with Gasteiger partial charge in [0, 0.05) is 30.1 Å². The third-order valence-corrected chi connectivity index (χ3v) is 11.4. The summed E-state index contributed by atoms with van der Waals surface area (Å²) in [4.78, 5) is 40.3. The van der Waals surface area contributed by atoms with Crippen LogP contribution >= 0.6 is 0 Å². The first-order valence-corrected chi connectivity index (χ1v) is 13.6. The van der Waals surface area contributed by atoms with Gasteiger partial charge in [-0.2, -0.15) is 0 Å². The molecule has 8 heteroatoms. The Morgan fingerprint density at radius 1 is 1.08 bits per heavy atom. The van der Waals surface area contributed by atoms with E-state index >= 15 is 0 Å². The van der Waals surface area contributed by atoms with Crippen LogP contribution < -0.4 is 0 Å². The van der Waals surface area contributed by atoms with Gasteiger partial charge in [-0.05, 0) is 70.3 Å². The normalized spacial score (nSPS) is 42.7. The fourth-order valence-corrected chi connectivity index (χ4v) is 8.78. The van der Waals surface area contributed by atoms with Crippen molar-refractivity contribution in [1.29, 1.82) is 0 Å². The Morgan fingerprint density at radius 3 is 2.21 bits per heavy atom. The Labute approximate surface area is 224 Å². The van der Waals surface area contributed by atoms with E-state index in [0.717, 1.165) is 5.57 Å². The van der Waals surface area contributed by atoms with Gasteiger partial charge < -0.3 is 25.5 Å². The van der Waals surface area contributed by atoms with Gasteiger partial charge in [-0.1, -0.05) is 32.4 Å². The highest BCUT2D eigenvalue weighted by molar-refractivity contribution is 6.02. The predicted molar refractivity (Wildman–Crippen MR) is 140 cm³/mol. The first-order valence-electron chi connectivity index (χ1n) is 13.6. The van der Waals surface area contributed by atoms with Gasteiger partial charge in [-0.15, -0.1) is 0 Å². The molecule has 2 saturated carbocycles. The van der Waals surface area contributed by atoms with Gasteiger partial charge in [-0.25, -0.2) is 0 Å². The summed E-state index contributed by atoms with van der Waals surface area (Å²) in [5, 5.41) is 54.1. The van der Waals surface area contributed by atoms with Gasteiger partial charge in [0.1, 0.15) is 11.4 Å². The van der Waals surface area contributed by atoms with E-state index in [1.54, 1.807) is 13.8 Å². The lowest BCUT2D eigenvalue weighted by atomic mass is 9.39. The average Bonchev–Trinajstić information content (AvgIpc) is 2.97. The Bertz CT molecular complexity index is 1140. The molecular weight excluding hydrogens is 488 g/mol. The summed E-state index contributed by atoms with van der Waals surface area (Å²) < 4.78 is 0. The number of carbonyl (C=O) groups is 3. The monoisotopic (exact) mass is 532 g/mol. The van der Waals surface area contributed by atoms with E-state index < -0.39 is 69.1 Å². The third-order valence-electron chi connectivity index (χ3n) is 11.4. The van der Waals surface area contributed by atoms with Crippen LogP contribution in [0.1, 0.15) is 81.1 Å². The molecule has 8 nitrogen and oxygen atoms in total. The van der Waals surface area contributed by atoms with Crippen LogP contribution in [0.4, 0.5) is 0 Å². The van der Waals surface area contributed by atoms with Gasteiger partial charge in [0.15, 0.2) is 11.5 Å². The van der Waals surface area contributed by atoms with Crippen molar-refractivity contribution in [2.75, 3.05) is 0 Å². The second-order valence-electron chi connectivity index (χ2n) is 14.3. The lowest BCUT2D eigenvalue weighted by molar-refractivity contribution is -0.182. The van der Waals surface area contributed by atoms with Crippen molar-refractivity contribution in [3.63, 3.8) is 0 Å². The molecule has 9 atom stereocenters. The van der Waals surface area contributed by atoms with Crippen LogP contribution in [-0.4, -0.2) is 66.3 Å². The second-order valence-corrected chi connectivity index (χ2v) is 14.3. The van der Waals surface area contributed by atoms with Crippen LogP contribution in [0.2, 0.25) is 0 Å². The van der Waals surface area contributed by atoms with Crippen LogP contribution in [-0.2, 0) is 14.4 Å². The van der Waals surface area contributed by atoms with E-state index in [9.17, 15) is 39.9 Å². The number of Topliss-reactive ketones (excluding diaryl/α,β-unsaturated/α-hetero) is 3. The molecule has 1 unspecified atom stereocenters. The van der Waals surface area contributed by atoms with Crippen molar-refractivity contribution in [3.8, 4) is 0 Å². The topological polar surface area (TPSA) is 152 Å². The minimum atomic E-state index is -2.06. The lowest BCUT2D eigenvalue weighted by Crippen LogP contribution is -2.64. The third kappa shape index (κ3) is 3.59. The molecule has 0 aliphatic heterocycles. The van der Waals surface area contributed by atoms with Crippen molar-refractivity contribution in [2.45, 2.75) is 104 Å². The van der Waals surface area contributed by atoms with Crippen LogP contribution in [0.15, 0.2) is 23.5 Å². The van der Waals surface area contributed by atoms with Crippen LogP contribution in [0, 0.1) is 39.4 Å². The van der Waals surface area contributed by atoms with Crippen LogP contribution in [0.5, 0.6) is 0 Å². The zero-order chi connectivity index (χ0) is 29.0. The number of rotatable bonds is 5. The summed E-state index contributed by atoms with van der Waals surface area (Å²) in [6, 6.07) is 0. The van der Waals surface area contributed by atoms with Gasteiger partial charge in [0.05, 0.1) is 23.2 Å². The van der Waals surface area contributed by atoms with Gasteiger partial charge in [-0.3, -0.25) is 14.4 Å². The van der Waals surface area contributed by atoms with Crippen LogP contribution in [0.25, 0.3) is 0 Å². The average molecular weight is 533 g/mol. The molecule has 38 heavy (non-hydrogen) atoms. The number of aliphatic hydroxyl groups excluding tert-OH is 3. The summed E-state index contributed by atoms with van der Waals surface area (Å²) >= 11 is 0. The van der Waals surface area contributed by atoms with E-state index in [1.807, 2.05) is 26.8 Å². The second kappa shape index (κ2) is 8.32. The zero-order valence-electron chi connectivity index (χ0n) is 23.8. The van der Waals surface area contributed by atoms with E-state index in [0.29, 0.717) is 6.42 Å². The molecule has 0 amide bonds. The first-order chi connectivity index (χ1) is 17.1. The van der Waals surface area contributed by atoms with Gasteiger partial charge in [0.25, 0.3) is 0 Å². The van der Waals surface area contributed by atoms with Gasteiger partial charge >= 0.3 is 0 Å². The SMILES string of the molecule is CC1(C)C(=O)C(O)=C[C@@H]2C1=CC[C@@H]1[C@@]2(C)C(=O)C[C@]2(C)[C@@H]([C@@](C)(O)C(=O)CC(O)C(C)(C)O)[C@H](O)C[C@@]12C. The van der Waals surface area contributed by atoms with Gasteiger partial charge in [0.2, 0.25) is 5.78 Å². The lowest BCUT2D eigenvalue weighted by Gasteiger charge is -2.63. The molecule has 4 aliphatic rings. The highest BCUT2D eigenvalue weighted by Gasteiger charge is 2.74. The van der Waals surface area contributed by atoms with E-state index in [2.05, 4.69) is 0 Å². The molecule has 2 fully saturated rings.